The number of rotatable bonds is 6. The lowest BCUT2D eigenvalue weighted by atomic mass is 9.92. The zero-order valence-electron chi connectivity index (χ0n) is 15.5. The van der Waals surface area contributed by atoms with Crippen LogP contribution in [0.2, 0.25) is 0 Å². The van der Waals surface area contributed by atoms with E-state index < -0.39 is 0 Å². The SMILES string of the molecule is CCc1ccc(CN2CCC(CCC(=O)N3CCOCC3)CC2)nc1. The van der Waals surface area contributed by atoms with Gasteiger partial charge in [-0.1, -0.05) is 13.0 Å². The molecule has 0 atom stereocenters. The van der Waals surface area contributed by atoms with Gasteiger partial charge in [0.05, 0.1) is 18.9 Å². The Balaban J connectivity index is 1.35. The Morgan fingerprint density at radius 3 is 2.60 bits per heavy atom. The summed E-state index contributed by atoms with van der Waals surface area (Å²) in [6.45, 7) is 8.26. The largest absolute Gasteiger partial charge is 0.378 e. The summed E-state index contributed by atoms with van der Waals surface area (Å²) in [6.07, 6.45) is 7.17. The molecule has 5 heteroatoms. The zero-order chi connectivity index (χ0) is 17.5. The van der Waals surface area contributed by atoms with Gasteiger partial charge in [-0.3, -0.25) is 14.7 Å². The van der Waals surface area contributed by atoms with Crippen LogP contribution in [-0.2, 0) is 22.5 Å². The molecule has 25 heavy (non-hydrogen) atoms. The molecule has 2 saturated heterocycles. The van der Waals surface area contributed by atoms with E-state index in [2.05, 4.69) is 28.9 Å². The molecule has 0 radical (unpaired) electrons. The van der Waals surface area contributed by atoms with Crippen molar-refractivity contribution in [2.75, 3.05) is 39.4 Å². The van der Waals surface area contributed by atoms with Crippen molar-refractivity contribution >= 4 is 5.91 Å². The fourth-order valence-electron chi connectivity index (χ4n) is 3.72. The Morgan fingerprint density at radius 1 is 1.20 bits per heavy atom. The number of pyridine rings is 1. The summed E-state index contributed by atoms with van der Waals surface area (Å²) in [5, 5.41) is 0. The van der Waals surface area contributed by atoms with Gasteiger partial charge in [-0.05, 0) is 56.3 Å². The van der Waals surface area contributed by atoms with E-state index >= 15 is 0 Å². The maximum absolute atomic E-state index is 12.3. The summed E-state index contributed by atoms with van der Waals surface area (Å²) in [4.78, 5) is 21.3. The Labute approximate surface area is 151 Å². The summed E-state index contributed by atoms with van der Waals surface area (Å²) in [5.41, 5.74) is 2.46. The van der Waals surface area contributed by atoms with E-state index in [1.54, 1.807) is 0 Å². The van der Waals surface area contributed by atoms with Gasteiger partial charge in [0, 0.05) is 32.3 Å². The van der Waals surface area contributed by atoms with Crippen LogP contribution in [0.1, 0.15) is 43.9 Å². The molecule has 138 valence electrons. The van der Waals surface area contributed by atoms with Gasteiger partial charge in [0.15, 0.2) is 0 Å². The topological polar surface area (TPSA) is 45.7 Å². The third-order valence-corrected chi connectivity index (χ3v) is 5.52. The summed E-state index contributed by atoms with van der Waals surface area (Å²) in [7, 11) is 0. The molecule has 2 aliphatic heterocycles. The highest BCUT2D eigenvalue weighted by Crippen LogP contribution is 2.23. The number of aryl methyl sites for hydroxylation is 1. The normalized spacial score (nSPS) is 20.0. The minimum absolute atomic E-state index is 0.311. The molecule has 0 unspecified atom stereocenters. The smallest absolute Gasteiger partial charge is 0.222 e. The number of hydrogen-bond acceptors (Lipinski definition) is 4. The number of carbonyl (C=O) groups excluding carboxylic acids is 1. The molecule has 3 heterocycles. The highest BCUT2D eigenvalue weighted by molar-refractivity contribution is 5.76. The standard InChI is InChI=1S/C20H31N3O2/c1-2-17-3-5-19(21-15-17)16-22-9-7-18(8-10-22)4-6-20(24)23-11-13-25-14-12-23/h3,5,15,18H,2,4,6-14,16H2,1H3. The van der Waals surface area contributed by atoms with Gasteiger partial charge in [-0.15, -0.1) is 0 Å². The molecular weight excluding hydrogens is 314 g/mol. The van der Waals surface area contributed by atoms with Crippen LogP contribution in [0.25, 0.3) is 0 Å². The van der Waals surface area contributed by atoms with Gasteiger partial charge in [-0.25, -0.2) is 0 Å². The second-order valence-electron chi connectivity index (χ2n) is 7.26. The lowest BCUT2D eigenvalue weighted by molar-refractivity contribution is -0.135. The number of piperidine rings is 1. The Morgan fingerprint density at radius 2 is 1.96 bits per heavy atom. The van der Waals surface area contributed by atoms with Crippen molar-refractivity contribution in [2.24, 2.45) is 5.92 Å². The van der Waals surface area contributed by atoms with E-state index in [0.717, 1.165) is 51.3 Å². The summed E-state index contributed by atoms with van der Waals surface area (Å²) < 4.78 is 5.31. The van der Waals surface area contributed by atoms with Crippen molar-refractivity contribution in [3.8, 4) is 0 Å². The number of ether oxygens (including phenoxy) is 1. The van der Waals surface area contributed by atoms with Crippen LogP contribution in [0, 0.1) is 5.92 Å². The number of morpholine rings is 1. The van der Waals surface area contributed by atoms with Crippen LogP contribution < -0.4 is 0 Å². The van der Waals surface area contributed by atoms with Gasteiger partial charge >= 0.3 is 0 Å². The molecule has 3 rings (SSSR count). The van der Waals surface area contributed by atoms with Crippen LogP contribution in [0.4, 0.5) is 0 Å². The Bertz CT molecular complexity index is 532. The molecule has 0 aromatic carbocycles. The average molecular weight is 345 g/mol. The van der Waals surface area contributed by atoms with Crippen molar-refractivity contribution < 1.29 is 9.53 Å². The molecule has 1 aromatic rings. The summed E-state index contributed by atoms with van der Waals surface area (Å²) in [5.74, 6) is 1.00. The van der Waals surface area contributed by atoms with E-state index in [4.69, 9.17) is 4.74 Å². The van der Waals surface area contributed by atoms with Gasteiger partial charge in [0.1, 0.15) is 0 Å². The average Bonchev–Trinajstić information content (AvgIpc) is 2.68. The molecule has 2 aliphatic rings. The van der Waals surface area contributed by atoms with Crippen molar-refractivity contribution in [2.45, 2.75) is 45.6 Å². The van der Waals surface area contributed by atoms with Crippen LogP contribution in [-0.4, -0.2) is 60.1 Å². The first-order valence-corrected chi connectivity index (χ1v) is 9.76. The highest BCUT2D eigenvalue weighted by atomic mass is 16.5. The van der Waals surface area contributed by atoms with Gasteiger partial charge in [0.25, 0.3) is 0 Å². The molecule has 0 saturated carbocycles. The fourth-order valence-corrected chi connectivity index (χ4v) is 3.72. The van der Waals surface area contributed by atoms with Crippen LogP contribution in [0.3, 0.4) is 0 Å². The summed E-state index contributed by atoms with van der Waals surface area (Å²) >= 11 is 0. The van der Waals surface area contributed by atoms with Crippen LogP contribution in [0.5, 0.6) is 0 Å². The molecule has 1 amide bonds. The Hall–Kier alpha value is -1.46. The van der Waals surface area contributed by atoms with Crippen LogP contribution in [0.15, 0.2) is 18.3 Å². The van der Waals surface area contributed by atoms with E-state index in [0.29, 0.717) is 31.5 Å². The quantitative estimate of drug-likeness (QED) is 0.795. The molecule has 1 aromatic heterocycles. The van der Waals surface area contributed by atoms with Gasteiger partial charge in [-0.2, -0.15) is 0 Å². The predicted octanol–water partition coefficient (Wildman–Crippen LogP) is 2.50. The lowest BCUT2D eigenvalue weighted by Gasteiger charge is -2.32. The molecule has 0 bridgehead atoms. The van der Waals surface area contributed by atoms with Crippen LogP contribution >= 0.6 is 0 Å². The number of nitrogens with zero attached hydrogens (tertiary/aromatic N) is 3. The first kappa shape index (κ1) is 18.3. The second kappa shape index (κ2) is 9.30. The molecule has 0 aliphatic carbocycles. The zero-order valence-corrected chi connectivity index (χ0v) is 15.5. The molecule has 5 nitrogen and oxygen atoms in total. The molecular formula is C20H31N3O2. The first-order chi connectivity index (χ1) is 12.2. The van der Waals surface area contributed by atoms with E-state index in [9.17, 15) is 4.79 Å². The minimum Gasteiger partial charge on any atom is -0.378 e. The van der Waals surface area contributed by atoms with E-state index in [1.165, 1.54) is 18.4 Å². The monoisotopic (exact) mass is 345 g/mol. The molecule has 2 fully saturated rings. The molecule has 0 N–H and O–H groups in total. The number of amides is 1. The number of aromatic nitrogens is 1. The van der Waals surface area contributed by atoms with Crippen molar-refractivity contribution in [1.29, 1.82) is 0 Å². The minimum atomic E-state index is 0.311. The number of likely N-dealkylation sites (tertiary alicyclic amines) is 1. The number of hydrogen-bond donors (Lipinski definition) is 0. The highest BCUT2D eigenvalue weighted by Gasteiger charge is 2.22. The second-order valence-corrected chi connectivity index (χ2v) is 7.26. The fraction of sp³-hybridized carbons (Fsp3) is 0.700. The summed E-state index contributed by atoms with van der Waals surface area (Å²) in [6, 6.07) is 4.35. The van der Waals surface area contributed by atoms with E-state index in [1.807, 2.05) is 11.1 Å². The van der Waals surface area contributed by atoms with Gasteiger partial charge in [0.2, 0.25) is 5.91 Å². The lowest BCUT2D eigenvalue weighted by Crippen LogP contribution is -2.41. The maximum Gasteiger partial charge on any atom is 0.222 e. The predicted molar refractivity (Wildman–Crippen MR) is 98.2 cm³/mol. The first-order valence-electron chi connectivity index (χ1n) is 9.76. The number of carbonyl (C=O) groups is 1. The van der Waals surface area contributed by atoms with Crippen molar-refractivity contribution in [3.63, 3.8) is 0 Å². The van der Waals surface area contributed by atoms with E-state index in [-0.39, 0.29) is 0 Å². The van der Waals surface area contributed by atoms with Crippen molar-refractivity contribution in [1.82, 2.24) is 14.8 Å². The van der Waals surface area contributed by atoms with Gasteiger partial charge < -0.3 is 9.64 Å². The third-order valence-electron chi connectivity index (χ3n) is 5.52. The maximum atomic E-state index is 12.3. The molecule has 0 spiro atoms. The third kappa shape index (κ3) is 5.51. The Kier molecular flexibility index (Phi) is 6.82. The van der Waals surface area contributed by atoms with Crippen molar-refractivity contribution in [3.05, 3.63) is 29.6 Å².